The summed E-state index contributed by atoms with van der Waals surface area (Å²) < 4.78 is 52.8. The van der Waals surface area contributed by atoms with Gasteiger partial charge >= 0.3 is 6.01 Å². The number of benzene rings is 3. The molecule has 2 atom stereocenters. The maximum Gasteiger partial charge on any atom is 0.319 e. The molecule has 2 bridgehead atoms. The number of nitrogens with zero attached hydrogens (tertiary/aromatic N) is 7. The number of aryl methyl sites for hydroxylation is 1. The van der Waals surface area contributed by atoms with Gasteiger partial charge in [0.25, 0.3) is 0 Å². The number of aromatic hydroxyl groups is 1. The molecule has 58 heavy (non-hydrogen) atoms. The van der Waals surface area contributed by atoms with Crippen molar-refractivity contribution in [2.24, 2.45) is 23.8 Å². The molecular formula is C45H49F2N7O4. The van der Waals surface area contributed by atoms with Gasteiger partial charge in [0, 0.05) is 85.8 Å². The Morgan fingerprint density at radius 2 is 1.76 bits per heavy atom. The highest BCUT2D eigenvalue weighted by Gasteiger charge is 2.48. The van der Waals surface area contributed by atoms with Gasteiger partial charge in [-0.05, 0) is 92.6 Å². The number of phenols is 1. The van der Waals surface area contributed by atoms with Crippen molar-refractivity contribution in [3.8, 4) is 35.2 Å². The summed E-state index contributed by atoms with van der Waals surface area (Å²) in [5.41, 5.74) is 1.12. The first-order valence-corrected chi connectivity index (χ1v) is 21.0. The number of terminal acetylenes is 1. The standard InChI is InChI=1S/C45H49F2N7O4/c1-3-32-35(46)7-4-28-16-31(55)17-33(36(28)32)37-39(47)41-38(34-21-51(2)50-40(34)37)42(54-29-5-6-30(54)20-53(19-29)18-27-22-57-23-27)49-43(48-41)58-26-45(8-9-45)24-52-13-10-44(11-14-52)12-15-56-25-44/h1,4,7,16-17,21,27,29-30,55H,5-6,8-15,18-20,22-26H2,2H3/t29-,30+. The van der Waals surface area contributed by atoms with E-state index in [1.807, 2.05) is 6.20 Å². The summed E-state index contributed by atoms with van der Waals surface area (Å²) in [6, 6.07) is 6.26. The number of phenolic OH excluding ortho intramolecular Hbond substituents is 1. The molecule has 1 aliphatic carbocycles. The van der Waals surface area contributed by atoms with Crippen LogP contribution in [0, 0.1) is 40.7 Å². The molecule has 0 radical (unpaired) electrons. The molecular weight excluding hydrogens is 741 g/mol. The molecule has 1 N–H and O–H groups in total. The Labute approximate surface area is 336 Å². The van der Waals surface area contributed by atoms with Gasteiger partial charge in [0.1, 0.15) is 28.4 Å². The zero-order chi connectivity index (χ0) is 39.3. The smallest absolute Gasteiger partial charge is 0.319 e. The van der Waals surface area contributed by atoms with E-state index in [9.17, 15) is 5.11 Å². The third kappa shape index (κ3) is 6.09. The molecule has 0 amide bonds. The maximum absolute atomic E-state index is 17.9. The monoisotopic (exact) mass is 789 g/mol. The van der Waals surface area contributed by atoms with Crippen molar-refractivity contribution in [2.75, 3.05) is 77.2 Å². The van der Waals surface area contributed by atoms with Crippen molar-refractivity contribution in [3.63, 3.8) is 0 Å². The van der Waals surface area contributed by atoms with E-state index in [2.05, 4.69) is 20.6 Å². The number of hydrogen-bond acceptors (Lipinski definition) is 10. The second-order valence-corrected chi connectivity index (χ2v) is 18.2. The Morgan fingerprint density at radius 3 is 2.45 bits per heavy atom. The molecule has 5 saturated heterocycles. The van der Waals surface area contributed by atoms with E-state index in [0.29, 0.717) is 50.8 Å². The van der Waals surface area contributed by atoms with Crippen molar-refractivity contribution < 1.29 is 28.1 Å². The Kier molecular flexibility index (Phi) is 8.63. The van der Waals surface area contributed by atoms with Crippen molar-refractivity contribution >= 4 is 38.4 Å². The van der Waals surface area contributed by atoms with Gasteiger partial charge in [-0.3, -0.25) is 9.58 Å². The lowest BCUT2D eigenvalue weighted by Gasteiger charge is -2.44. The third-order valence-corrected chi connectivity index (χ3v) is 14.2. The summed E-state index contributed by atoms with van der Waals surface area (Å²) in [5.74, 6) is 2.33. The average Bonchev–Trinajstić information content (AvgIpc) is 3.46. The number of ether oxygens (including phenoxy) is 3. The molecule has 5 aromatic rings. The van der Waals surface area contributed by atoms with Crippen molar-refractivity contribution in [1.82, 2.24) is 29.5 Å². The topological polar surface area (TPSA) is 101 Å². The number of piperidine rings is 1. The Bertz CT molecular complexity index is 2480. The summed E-state index contributed by atoms with van der Waals surface area (Å²) in [5, 5.41) is 17.8. The van der Waals surface area contributed by atoms with Gasteiger partial charge in [-0.1, -0.05) is 12.0 Å². The summed E-state index contributed by atoms with van der Waals surface area (Å²) in [6.45, 7) is 9.69. The molecule has 2 aromatic heterocycles. The van der Waals surface area contributed by atoms with Crippen LogP contribution in [0.1, 0.15) is 50.5 Å². The molecule has 11 nitrogen and oxygen atoms in total. The Balaban J connectivity index is 1.02. The van der Waals surface area contributed by atoms with Crippen molar-refractivity contribution in [2.45, 2.75) is 57.0 Å². The molecule has 6 aliphatic rings. The number of halogens is 2. The highest BCUT2D eigenvalue weighted by Crippen LogP contribution is 2.50. The lowest BCUT2D eigenvalue weighted by molar-refractivity contribution is -0.0484. The van der Waals surface area contributed by atoms with Crippen LogP contribution in [0.4, 0.5) is 14.6 Å². The van der Waals surface area contributed by atoms with E-state index in [4.69, 9.17) is 35.7 Å². The average molecular weight is 790 g/mol. The zero-order valence-corrected chi connectivity index (χ0v) is 33.0. The van der Waals surface area contributed by atoms with E-state index in [-0.39, 0.29) is 51.5 Å². The molecule has 1 spiro atoms. The van der Waals surface area contributed by atoms with Gasteiger partial charge in [-0.25, -0.2) is 8.78 Å². The lowest BCUT2D eigenvalue weighted by atomic mass is 9.78. The number of piperazine rings is 1. The van der Waals surface area contributed by atoms with E-state index in [1.165, 1.54) is 31.0 Å². The van der Waals surface area contributed by atoms with Crippen molar-refractivity contribution in [1.29, 1.82) is 0 Å². The number of likely N-dealkylation sites (tertiary alicyclic amines) is 2. The van der Waals surface area contributed by atoms with Crippen LogP contribution >= 0.6 is 0 Å². The predicted molar refractivity (Wildman–Crippen MR) is 217 cm³/mol. The highest BCUT2D eigenvalue weighted by molar-refractivity contribution is 6.18. The second-order valence-electron chi connectivity index (χ2n) is 18.2. The summed E-state index contributed by atoms with van der Waals surface area (Å²) in [7, 11) is 1.80. The molecule has 0 unspecified atom stereocenters. The zero-order valence-electron chi connectivity index (χ0n) is 33.0. The number of anilines is 1. The van der Waals surface area contributed by atoms with Gasteiger partial charge in [-0.2, -0.15) is 15.1 Å². The van der Waals surface area contributed by atoms with E-state index in [1.54, 1.807) is 17.8 Å². The van der Waals surface area contributed by atoms with Crippen LogP contribution < -0.4 is 9.64 Å². The number of aromatic nitrogens is 4. The van der Waals surface area contributed by atoms with Crippen molar-refractivity contribution in [3.05, 3.63) is 47.7 Å². The molecule has 5 aliphatic heterocycles. The normalized spacial score (nSPS) is 24.3. The maximum atomic E-state index is 17.9. The SMILES string of the molecule is C#Cc1c(F)ccc2cc(O)cc(-c3c(F)c4nc(OCC5(CN6CCC7(CCOC7)CC6)CC5)nc(N5[C@@H]6CC[C@H]5CN(CC5COC5)C6)c4c4cn(C)nc34)c12. The van der Waals surface area contributed by atoms with Crippen LogP contribution in [0.3, 0.4) is 0 Å². The first-order valence-electron chi connectivity index (χ1n) is 21.0. The fraction of sp³-hybridized carbons (Fsp3) is 0.533. The van der Waals surface area contributed by atoms with Crippen LogP contribution in [0.25, 0.3) is 43.7 Å². The fourth-order valence-electron chi connectivity index (χ4n) is 10.9. The Hall–Kier alpha value is -4.61. The largest absolute Gasteiger partial charge is 0.508 e. The van der Waals surface area contributed by atoms with Crippen LogP contribution in [-0.4, -0.2) is 119 Å². The lowest BCUT2D eigenvalue weighted by Crippen LogP contribution is -2.56. The van der Waals surface area contributed by atoms with Crippen LogP contribution in [-0.2, 0) is 16.5 Å². The number of hydrogen-bond donors (Lipinski definition) is 1. The summed E-state index contributed by atoms with van der Waals surface area (Å²) in [6.07, 6.45) is 15.4. The molecule has 3 aromatic carbocycles. The molecule has 6 fully saturated rings. The van der Waals surface area contributed by atoms with Gasteiger partial charge in [0.2, 0.25) is 0 Å². The summed E-state index contributed by atoms with van der Waals surface area (Å²) in [4.78, 5) is 17.7. The van der Waals surface area contributed by atoms with Crippen LogP contribution in [0.2, 0.25) is 0 Å². The predicted octanol–water partition coefficient (Wildman–Crippen LogP) is 6.26. The van der Waals surface area contributed by atoms with Gasteiger partial charge in [-0.15, -0.1) is 6.42 Å². The van der Waals surface area contributed by atoms with E-state index < -0.39 is 11.6 Å². The first-order chi connectivity index (χ1) is 28.2. The van der Waals surface area contributed by atoms with Gasteiger partial charge in [0.05, 0.1) is 37.4 Å². The molecule has 13 heteroatoms. The fourth-order valence-corrected chi connectivity index (χ4v) is 10.9. The highest BCUT2D eigenvalue weighted by atomic mass is 19.1. The third-order valence-electron chi connectivity index (χ3n) is 14.2. The first kappa shape index (κ1) is 36.5. The van der Waals surface area contributed by atoms with Crippen LogP contribution in [0.15, 0.2) is 30.5 Å². The van der Waals surface area contributed by atoms with Crippen LogP contribution in [0.5, 0.6) is 11.8 Å². The molecule has 7 heterocycles. The minimum absolute atomic E-state index is 0.00175. The van der Waals surface area contributed by atoms with Gasteiger partial charge < -0.3 is 29.1 Å². The summed E-state index contributed by atoms with van der Waals surface area (Å²) >= 11 is 0. The van der Waals surface area contributed by atoms with E-state index >= 15 is 8.78 Å². The van der Waals surface area contributed by atoms with Gasteiger partial charge in [0.15, 0.2) is 5.82 Å². The second kappa shape index (κ2) is 13.7. The minimum Gasteiger partial charge on any atom is -0.508 e. The number of rotatable bonds is 9. The van der Waals surface area contributed by atoms with E-state index in [0.717, 1.165) is 97.8 Å². The molecule has 302 valence electrons. The Morgan fingerprint density at radius 1 is 0.966 bits per heavy atom. The quantitative estimate of drug-likeness (QED) is 0.172. The minimum atomic E-state index is -0.649. The molecule has 1 saturated carbocycles. The molecule has 11 rings (SSSR count). The number of fused-ring (bicyclic) bond motifs is 6.